The van der Waals surface area contributed by atoms with Crippen molar-refractivity contribution in [2.24, 2.45) is 0 Å². The van der Waals surface area contributed by atoms with Crippen molar-refractivity contribution < 1.29 is 14.7 Å². The third-order valence-electron chi connectivity index (χ3n) is 3.62. The maximum atomic E-state index is 12.1. The van der Waals surface area contributed by atoms with E-state index in [-0.39, 0.29) is 17.2 Å². The van der Waals surface area contributed by atoms with Crippen LogP contribution in [-0.4, -0.2) is 41.0 Å². The summed E-state index contributed by atoms with van der Waals surface area (Å²) in [6.45, 7) is 4.92. The normalized spacial score (nSPS) is 16.0. The van der Waals surface area contributed by atoms with Gasteiger partial charge in [0.1, 0.15) is 11.8 Å². The summed E-state index contributed by atoms with van der Waals surface area (Å²) in [6.07, 6.45) is 2.04. The monoisotopic (exact) mass is 276 g/mol. The Morgan fingerprint density at radius 3 is 2.60 bits per heavy atom. The summed E-state index contributed by atoms with van der Waals surface area (Å²) in [5, 5.41) is 12.5. The molecule has 0 saturated carbocycles. The van der Waals surface area contributed by atoms with E-state index in [1.165, 1.54) is 0 Å². The van der Waals surface area contributed by atoms with Gasteiger partial charge in [-0.1, -0.05) is 12.1 Å². The first-order valence-corrected chi connectivity index (χ1v) is 6.89. The van der Waals surface area contributed by atoms with E-state index in [1.807, 2.05) is 0 Å². The van der Waals surface area contributed by atoms with Crippen molar-refractivity contribution in [3.8, 4) is 5.75 Å². The predicted molar refractivity (Wildman–Crippen MR) is 75.6 cm³/mol. The van der Waals surface area contributed by atoms with E-state index in [0.29, 0.717) is 5.56 Å². The van der Waals surface area contributed by atoms with Gasteiger partial charge in [0, 0.05) is 13.1 Å². The molecule has 1 heterocycles. The predicted octanol–water partition coefficient (Wildman–Crippen LogP) is 1.44. The highest BCUT2D eigenvalue weighted by molar-refractivity contribution is 5.99. The molecule has 0 aliphatic carbocycles. The number of benzene rings is 1. The smallest absolute Gasteiger partial charge is 0.255 e. The second-order valence-corrected chi connectivity index (χ2v) is 5.20. The van der Waals surface area contributed by atoms with Crippen LogP contribution < -0.4 is 5.32 Å². The highest BCUT2D eigenvalue weighted by atomic mass is 16.3. The Kier molecular flexibility index (Phi) is 4.27. The lowest BCUT2D eigenvalue weighted by Crippen LogP contribution is -2.45. The van der Waals surface area contributed by atoms with Crippen LogP contribution in [0.1, 0.15) is 35.7 Å². The van der Waals surface area contributed by atoms with Crippen molar-refractivity contribution in [3.63, 3.8) is 0 Å². The van der Waals surface area contributed by atoms with Gasteiger partial charge in [-0.05, 0) is 38.3 Å². The molecule has 0 aromatic heterocycles. The number of phenolic OH excluding ortho intramolecular Hbond substituents is 1. The molecular weight excluding hydrogens is 256 g/mol. The van der Waals surface area contributed by atoms with Crippen molar-refractivity contribution in [2.75, 3.05) is 13.1 Å². The molecule has 1 fully saturated rings. The number of aromatic hydroxyl groups is 1. The lowest BCUT2D eigenvalue weighted by Gasteiger charge is -2.21. The molecule has 2 amide bonds. The van der Waals surface area contributed by atoms with Crippen LogP contribution in [0, 0.1) is 6.92 Å². The van der Waals surface area contributed by atoms with Gasteiger partial charge in [-0.25, -0.2) is 0 Å². The minimum absolute atomic E-state index is 0.0363. The molecule has 20 heavy (non-hydrogen) atoms. The molecule has 1 aromatic rings. The fourth-order valence-corrected chi connectivity index (χ4v) is 2.39. The number of amides is 2. The quantitative estimate of drug-likeness (QED) is 0.877. The molecule has 1 aliphatic rings. The fourth-order valence-electron chi connectivity index (χ4n) is 2.39. The minimum Gasteiger partial charge on any atom is -0.507 e. The van der Waals surface area contributed by atoms with Crippen molar-refractivity contribution in [2.45, 2.75) is 32.7 Å². The van der Waals surface area contributed by atoms with E-state index in [0.717, 1.165) is 25.9 Å². The number of aryl methyl sites for hydroxylation is 1. The molecule has 0 spiro atoms. The molecule has 1 atom stereocenters. The Hall–Kier alpha value is -2.04. The molecule has 2 N–H and O–H groups in total. The molecule has 1 aromatic carbocycles. The zero-order valence-corrected chi connectivity index (χ0v) is 11.8. The number of rotatable bonds is 3. The van der Waals surface area contributed by atoms with E-state index < -0.39 is 11.9 Å². The summed E-state index contributed by atoms with van der Waals surface area (Å²) >= 11 is 0. The van der Waals surface area contributed by atoms with Gasteiger partial charge in [-0.15, -0.1) is 0 Å². The maximum Gasteiger partial charge on any atom is 0.255 e. The van der Waals surface area contributed by atoms with Gasteiger partial charge in [-0.2, -0.15) is 0 Å². The summed E-state index contributed by atoms with van der Waals surface area (Å²) in [7, 11) is 0. The molecule has 1 saturated heterocycles. The number of carbonyl (C=O) groups excluding carboxylic acids is 2. The largest absolute Gasteiger partial charge is 0.507 e. The first-order chi connectivity index (χ1) is 9.50. The number of carbonyl (C=O) groups is 2. The highest BCUT2D eigenvalue weighted by Crippen LogP contribution is 2.21. The molecule has 108 valence electrons. The van der Waals surface area contributed by atoms with Crippen molar-refractivity contribution in [1.29, 1.82) is 0 Å². The zero-order valence-electron chi connectivity index (χ0n) is 11.8. The summed E-state index contributed by atoms with van der Waals surface area (Å²) in [5.41, 5.74) is 0.835. The van der Waals surface area contributed by atoms with Gasteiger partial charge in [0.15, 0.2) is 0 Å². The highest BCUT2D eigenvalue weighted by Gasteiger charge is 2.25. The number of para-hydroxylation sites is 1. The van der Waals surface area contributed by atoms with Crippen LogP contribution in [0.25, 0.3) is 0 Å². The van der Waals surface area contributed by atoms with E-state index in [4.69, 9.17) is 0 Å². The van der Waals surface area contributed by atoms with Crippen LogP contribution >= 0.6 is 0 Å². The molecule has 2 rings (SSSR count). The summed E-state index contributed by atoms with van der Waals surface area (Å²) in [5.74, 6) is -0.528. The Labute approximate surface area is 118 Å². The molecule has 0 radical (unpaired) electrons. The zero-order chi connectivity index (χ0) is 14.7. The third kappa shape index (κ3) is 2.92. The molecule has 5 heteroatoms. The minimum atomic E-state index is -0.583. The second-order valence-electron chi connectivity index (χ2n) is 5.20. The number of nitrogens with one attached hydrogen (secondary N) is 1. The molecule has 1 aliphatic heterocycles. The lowest BCUT2D eigenvalue weighted by atomic mass is 10.1. The van der Waals surface area contributed by atoms with Crippen LogP contribution in [0.4, 0.5) is 0 Å². The second kappa shape index (κ2) is 5.94. The number of hydrogen-bond acceptors (Lipinski definition) is 3. The van der Waals surface area contributed by atoms with Crippen molar-refractivity contribution >= 4 is 11.8 Å². The third-order valence-corrected chi connectivity index (χ3v) is 3.62. The van der Waals surface area contributed by atoms with Gasteiger partial charge in [0.25, 0.3) is 5.91 Å². The lowest BCUT2D eigenvalue weighted by molar-refractivity contribution is -0.131. The van der Waals surface area contributed by atoms with Gasteiger partial charge >= 0.3 is 0 Å². The average Bonchev–Trinajstić information content (AvgIpc) is 2.94. The summed E-state index contributed by atoms with van der Waals surface area (Å²) in [6, 6.07) is 4.40. The number of nitrogens with zero attached hydrogens (tertiary/aromatic N) is 1. The Morgan fingerprint density at radius 2 is 1.95 bits per heavy atom. The number of phenols is 1. The van der Waals surface area contributed by atoms with Crippen LogP contribution in [0.3, 0.4) is 0 Å². The number of hydrogen-bond donors (Lipinski definition) is 2. The topological polar surface area (TPSA) is 69.6 Å². The van der Waals surface area contributed by atoms with E-state index >= 15 is 0 Å². The van der Waals surface area contributed by atoms with Gasteiger partial charge < -0.3 is 15.3 Å². The molecule has 1 unspecified atom stereocenters. The standard InChI is InChI=1S/C15H20N2O3/c1-10-6-5-7-12(13(10)18)14(19)16-11(2)15(20)17-8-3-4-9-17/h5-7,11,18H,3-4,8-9H2,1-2H3,(H,16,19). The SMILES string of the molecule is Cc1cccc(C(=O)NC(C)C(=O)N2CCCC2)c1O. The first kappa shape index (κ1) is 14.4. The number of likely N-dealkylation sites (tertiary alicyclic amines) is 1. The average molecular weight is 276 g/mol. The fraction of sp³-hybridized carbons (Fsp3) is 0.467. The van der Waals surface area contributed by atoms with Crippen LogP contribution in [-0.2, 0) is 4.79 Å². The van der Waals surface area contributed by atoms with Crippen LogP contribution in [0.5, 0.6) is 5.75 Å². The Bertz CT molecular complexity index is 522. The van der Waals surface area contributed by atoms with E-state index in [1.54, 1.807) is 36.9 Å². The van der Waals surface area contributed by atoms with Crippen molar-refractivity contribution in [3.05, 3.63) is 29.3 Å². The molecular formula is C15H20N2O3. The summed E-state index contributed by atoms with van der Waals surface area (Å²) < 4.78 is 0. The van der Waals surface area contributed by atoms with E-state index in [2.05, 4.69) is 5.32 Å². The van der Waals surface area contributed by atoms with Gasteiger partial charge in [0.2, 0.25) is 5.91 Å². The van der Waals surface area contributed by atoms with Crippen LogP contribution in [0.2, 0.25) is 0 Å². The van der Waals surface area contributed by atoms with Crippen LogP contribution in [0.15, 0.2) is 18.2 Å². The Morgan fingerprint density at radius 1 is 1.30 bits per heavy atom. The van der Waals surface area contributed by atoms with E-state index in [9.17, 15) is 14.7 Å². The van der Waals surface area contributed by atoms with Gasteiger partial charge in [0.05, 0.1) is 5.56 Å². The van der Waals surface area contributed by atoms with Gasteiger partial charge in [-0.3, -0.25) is 9.59 Å². The van der Waals surface area contributed by atoms with Crippen molar-refractivity contribution in [1.82, 2.24) is 10.2 Å². The first-order valence-electron chi connectivity index (χ1n) is 6.89. The molecule has 0 bridgehead atoms. The maximum absolute atomic E-state index is 12.1. The Balaban J connectivity index is 2.03. The summed E-state index contributed by atoms with van der Waals surface area (Å²) in [4.78, 5) is 26.0. The molecule has 5 nitrogen and oxygen atoms in total.